The third kappa shape index (κ3) is 4.06. The molecular weight excluding hydrogens is 392 g/mol. The second-order valence-corrected chi connectivity index (χ2v) is 10.1. The lowest BCUT2D eigenvalue weighted by Crippen LogP contribution is -2.37. The van der Waals surface area contributed by atoms with Gasteiger partial charge in [0.25, 0.3) is 5.91 Å². The molecule has 29 heavy (non-hydrogen) atoms. The Morgan fingerprint density at radius 2 is 2.00 bits per heavy atom. The van der Waals surface area contributed by atoms with Gasteiger partial charge in [-0.3, -0.25) is 4.79 Å². The number of sulfonamides is 1. The summed E-state index contributed by atoms with van der Waals surface area (Å²) in [6, 6.07) is 4.82. The Bertz CT molecular complexity index is 999. The third-order valence-electron chi connectivity index (χ3n) is 6.01. The molecule has 0 bridgehead atoms. The normalized spacial score (nSPS) is 21.7. The highest BCUT2D eigenvalue weighted by Crippen LogP contribution is 2.30. The number of hydrogen-bond acceptors (Lipinski definition) is 5. The van der Waals surface area contributed by atoms with E-state index in [0.29, 0.717) is 42.1 Å². The summed E-state index contributed by atoms with van der Waals surface area (Å²) in [7, 11) is -3.55. The first-order valence-electron chi connectivity index (χ1n) is 10.3. The quantitative estimate of drug-likeness (QED) is 0.803. The fraction of sp³-hybridized carbons (Fsp3) is 0.571. The van der Waals surface area contributed by atoms with Crippen LogP contribution in [0.1, 0.15) is 48.7 Å². The molecule has 1 aromatic heterocycles. The molecule has 1 amide bonds. The van der Waals surface area contributed by atoms with Crippen LogP contribution >= 0.6 is 0 Å². The van der Waals surface area contributed by atoms with Crippen LogP contribution in [0.15, 0.2) is 27.5 Å². The highest BCUT2D eigenvalue weighted by molar-refractivity contribution is 7.89. The minimum absolute atomic E-state index is 0.0487. The van der Waals surface area contributed by atoms with E-state index in [0.717, 1.165) is 32.3 Å². The van der Waals surface area contributed by atoms with Gasteiger partial charge in [-0.1, -0.05) is 6.92 Å². The van der Waals surface area contributed by atoms with E-state index in [2.05, 4.69) is 12.2 Å². The van der Waals surface area contributed by atoms with E-state index >= 15 is 0 Å². The number of rotatable bonds is 5. The van der Waals surface area contributed by atoms with Crippen molar-refractivity contribution in [2.75, 3.05) is 26.2 Å². The number of furan rings is 1. The van der Waals surface area contributed by atoms with Gasteiger partial charge in [0.2, 0.25) is 10.0 Å². The summed E-state index contributed by atoms with van der Waals surface area (Å²) >= 11 is 0. The molecule has 1 atom stereocenters. The van der Waals surface area contributed by atoms with Crippen molar-refractivity contribution in [2.45, 2.75) is 50.5 Å². The van der Waals surface area contributed by atoms with Crippen LogP contribution in [0.5, 0.6) is 0 Å². The molecule has 1 unspecified atom stereocenters. The Hall–Kier alpha value is -1.90. The summed E-state index contributed by atoms with van der Waals surface area (Å²) < 4.78 is 38.9. The van der Waals surface area contributed by atoms with E-state index in [-0.39, 0.29) is 22.7 Å². The maximum Gasteiger partial charge on any atom is 0.287 e. The lowest BCUT2D eigenvalue weighted by Gasteiger charge is -2.29. The summed E-state index contributed by atoms with van der Waals surface area (Å²) in [4.78, 5) is 12.8. The topological polar surface area (TPSA) is 88.8 Å². The number of piperidine rings is 1. The largest absolute Gasteiger partial charge is 0.451 e. The van der Waals surface area contributed by atoms with Crippen molar-refractivity contribution in [3.05, 3.63) is 29.5 Å². The molecule has 2 aliphatic heterocycles. The molecule has 158 valence electrons. The lowest BCUT2D eigenvalue weighted by atomic mass is 10.0. The van der Waals surface area contributed by atoms with E-state index in [1.165, 1.54) is 0 Å². The molecule has 8 heteroatoms. The first-order valence-corrected chi connectivity index (χ1v) is 11.7. The van der Waals surface area contributed by atoms with Gasteiger partial charge in [0.1, 0.15) is 5.58 Å². The Labute approximate surface area is 171 Å². The monoisotopic (exact) mass is 420 g/mol. The van der Waals surface area contributed by atoms with Crippen molar-refractivity contribution in [2.24, 2.45) is 5.92 Å². The Morgan fingerprint density at radius 1 is 1.24 bits per heavy atom. The van der Waals surface area contributed by atoms with Gasteiger partial charge in [0, 0.05) is 37.2 Å². The summed E-state index contributed by atoms with van der Waals surface area (Å²) in [6.07, 6.45) is 3.75. The Morgan fingerprint density at radius 3 is 2.69 bits per heavy atom. The summed E-state index contributed by atoms with van der Waals surface area (Å²) in [5.41, 5.74) is 1.16. The molecule has 2 saturated heterocycles. The highest BCUT2D eigenvalue weighted by Gasteiger charge is 2.29. The zero-order valence-corrected chi connectivity index (χ0v) is 17.8. The average Bonchev–Trinajstić information content (AvgIpc) is 3.34. The van der Waals surface area contributed by atoms with Crippen molar-refractivity contribution >= 4 is 26.9 Å². The van der Waals surface area contributed by atoms with E-state index in [9.17, 15) is 13.2 Å². The standard InChI is InChI=1S/C21H28N2O5S/c1-14-7-9-23(10-8-14)29(25,26)17-5-6-19-18(12-17)15(2)20(28-19)21(24)22-13-16-4-3-11-27-16/h5-6,12,14,16H,3-4,7-11,13H2,1-2H3,(H,22,24). The van der Waals surface area contributed by atoms with Crippen LogP contribution in [-0.2, 0) is 14.8 Å². The molecule has 0 spiro atoms. The number of aryl methyl sites for hydroxylation is 1. The van der Waals surface area contributed by atoms with Crippen LogP contribution in [0.25, 0.3) is 11.0 Å². The van der Waals surface area contributed by atoms with Gasteiger partial charge >= 0.3 is 0 Å². The minimum Gasteiger partial charge on any atom is -0.451 e. The zero-order chi connectivity index (χ0) is 20.6. The molecule has 1 aromatic carbocycles. The molecule has 1 N–H and O–H groups in total. The number of ether oxygens (including phenoxy) is 1. The summed E-state index contributed by atoms with van der Waals surface area (Å²) in [6.45, 7) is 6.20. The molecule has 2 aliphatic rings. The predicted octanol–water partition coefficient (Wildman–Crippen LogP) is 3.07. The first kappa shape index (κ1) is 20.4. The van der Waals surface area contributed by atoms with Crippen LogP contribution in [0, 0.1) is 12.8 Å². The number of hydrogen-bond donors (Lipinski definition) is 1. The maximum absolute atomic E-state index is 13.0. The molecule has 3 heterocycles. The Balaban J connectivity index is 1.56. The minimum atomic E-state index is -3.55. The van der Waals surface area contributed by atoms with Gasteiger partial charge in [-0.2, -0.15) is 4.31 Å². The van der Waals surface area contributed by atoms with Crippen molar-refractivity contribution in [3.63, 3.8) is 0 Å². The number of nitrogens with zero attached hydrogens (tertiary/aromatic N) is 1. The van der Waals surface area contributed by atoms with Crippen molar-refractivity contribution in [3.8, 4) is 0 Å². The maximum atomic E-state index is 13.0. The van der Waals surface area contributed by atoms with Gasteiger partial charge in [-0.05, 0) is 56.7 Å². The summed E-state index contributed by atoms with van der Waals surface area (Å²) in [5.74, 6) is 0.471. The lowest BCUT2D eigenvalue weighted by molar-refractivity contribution is 0.0836. The molecule has 2 fully saturated rings. The number of nitrogens with one attached hydrogen (secondary N) is 1. The predicted molar refractivity (Wildman–Crippen MR) is 109 cm³/mol. The number of amides is 1. The number of carbonyl (C=O) groups excluding carboxylic acids is 1. The number of carbonyl (C=O) groups is 1. The number of fused-ring (bicyclic) bond motifs is 1. The van der Waals surface area contributed by atoms with Gasteiger partial charge in [0.15, 0.2) is 5.76 Å². The zero-order valence-electron chi connectivity index (χ0n) is 16.9. The molecule has 0 aliphatic carbocycles. The van der Waals surface area contributed by atoms with Gasteiger partial charge in [-0.15, -0.1) is 0 Å². The van der Waals surface area contributed by atoms with Crippen LogP contribution in [0.3, 0.4) is 0 Å². The van der Waals surface area contributed by atoms with Gasteiger partial charge in [-0.25, -0.2) is 8.42 Å². The molecule has 2 aromatic rings. The fourth-order valence-corrected chi connectivity index (χ4v) is 5.54. The van der Waals surface area contributed by atoms with Crippen molar-refractivity contribution < 1.29 is 22.4 Å². The molecule has 4 rings (SSSR count). The molecule has 0 radical (unpaired) electrons. The molecule has 0 saturated carbocycles. The summed E-state index contributed by atoms with van der Waals surface area (Å²) in [5, 5.41) is 3.51. The molecule has 7 nitrogen and oxygen atoms in total. The van der Waals surface area contributed by atoms with Crippen LogP contribution < -0.4 is 5.32 Å². The first-order chi connectivity index (χ1) is 13.9. The van der Waals surface area contributed by atoms with E-state index in [1.807, 2.05) is 0 Å². The second kappa shape index (κ2) is 8.08. The highest BCUT2D eigenvalue weighted by atomic mass is 32.2. The van der Waals surface area contributed by atoms with Gasteiger partial charge < -0.3 is 14.5 Å². The number of benzene rings is 1. The van der Waals surface area contributed by atoms with Crippen molar-refractivity contribution in [1.29, 1.82) is 0 Å². The fourth-order valence-electron chi connectivity index (χ4n) is 4.04. The third-order valence-corrected chi connectivity index (χ3v) is 7.90. The second-order valence-electron chi connectivity index (χ2n) is 8.15. The molecular formula is C21H28N2O5S. The average molecular weight is 421 g/mol. The Kier molecular flexibility index (Phi) is 5.68. The van der Waals surface area contributed by atoms with E-state index in [4.69, 9.17) is 9.15 Å². The smallest absolute Gasteiger partial charge is 0.287 e. The SMILES string of the molecule is Cc1c(C(=O)NCC2CCCO2)oc2ccc(S(=O)(=O)N3CCC(C)CC3)cc12. The van der Waals surface area contributed by atoms with Crippen LogP contribution in [0.2, 0.25) is 0 Å². The van der Waals surface area contributed by atoms with Crippen LogP contribution in [0.4, 0.5) is 0 Å². The van der Waals surface area contributed by atoms with E-state index < -0.39 is 10.0 Å². The van der Waals surface area contributed by atoms with Gasteiger partial charge in [0.05, 0.1) is 11.0 Å². The van der Waals surface area contributed by atoms with E-state index in [1.54, 1.807) is 29.4 Å². The van der Waals surface area contributed by atoms with Crippen LogP contribution in [-0.4, -0.2) is 51.0 Å². The van der Waals surface area contributed by atoms with Crippen molar-refractivity contribution in [1.82, 2.24) is 9.62 Å².